The summed E-state index contributed by atoms with van der Waals surface area (Å²) in [7, 11) is 1.53. The van der Waals surface area contributed by atoms with Gasteiger partial charge in [0, 0.05) is 11.3 Å². The van der Waals surface area contributed by atoms with E-state index in [1.807, 2.05) is 13.0 Å². The molecule has 0 saturated carbocycles. The molecule has 2 rings (SSSR count). The van der Waals surface area contributed by atoms with Gasteiger partial charge < -0.3 is 15.8 Å². The molecule has 98 valence electrons. The number of ether oxygens (including phenoxy) is 1. The second-order valence-electron chi connectivity index (χ2n) is 4.10. The molecular formula is C14H15N3O2. The van der Waals surface area contributed by atoms with Crippen LogP contribution in [0.25, 0.3) is 0 Å². The van der Waals surface area contributed by atoms with Gasteiger partial charge in [-0.15, -0.1) is 0 Å². The maximum absolute atomic E-state index is 12.0. The van der Waals surface area contributed by atoms with Crippen LogP contribution in [0.1, 0.15) is 16.1 Å². The van der Waals surface area contributed by atoms with Gasteiger partial charge >= 0.3 is 0 Å². The van der Waals surface area contributed by atoms with Crippen molar-refractivity contribution in [3.63, 3.8) is 0 Å². The lowest BCUT2D eigenvalue weighted by molar-refractivity contribution is 0.102. The van der Waals surface area contributed by atoms with Crippen LogP contribution in [0.15, 0.2) is 36.5 Å². The lowest BCUT2D eigenvalue weighted by Gasteiger charge is -2.08. The van der Waals surface area contributed by atoms with Gasteiger partial charge in [-0.2, -0.15) is 0 Å². The number of nitrogen functional groups attached to an aromatic ring is 1. The van der Waals surface area contributed by atoms with E-state index in [-0.39, 0.29) is 5.91 Å². The lowest BCUT2D eigenvalue weighted by atomic mass is 10.1. The van der Waals surface area contributed by atoms with Crippen LogP contribution in [0.5, 0.6) is 5.75 Å². The van der Waals surface area contributed by atoms with Crippen LogP contribution >= 0.6 is 0 Å². The number of amides is 1. The van der Waals surface area contributed by atoms with Crippen molar-refractivity contribution >= 4 is 17.3 Å². The van der Waals surface area contributed by atoms with E-state index >= 15 is 0 Å². The lowest BCUT2D eigenvalue weighted by Crippen LogP contribution is -2.12. The molecule has 1 aromatic heterocycles. The highest BCUT2D eigenvalue weighted by atomic mass is 16.5. The van der Waals surface area contributed by atoms with E-state index in [2.05, 4.69) is 10.3 Å². The van der Waals surface area contributed by atoms with Crippen molar-refractivity contribution in [3.05, 3.63) is 47.8 Å². The van der Waals surface area contributed by atoms with Crippen molar-refractivity contribution in [1.29, 1.82) is 0 Å². The van der Waals surface area contributed by atoms with E-state index in [1.165, 1.54) is 7.11 Å². The quantitative estimate of drug-likeness (QED) is 0.827. The molecule has 0 aliphatic heterocycles. The molecule has 3 N–H and O–H groups in total. The molecular weight excluding hydrogens is 242 g/mol. The number of hydrogen-bond acceptors (Lipinski definition) is 4. The van der Waals surface area contributed by atoms with E-state index < -0.39 is 0 Å². The summed E-state index contributed by atoms with van der Waals surface area (Å²) in [6.07, 6.45) is 1.61. The Morgan fingerprint density at radius 1 is 1.32 bits per heavy atom. The number of nitrogens with zero attached hydrogens (tertiary/aromatic N) is 1. The Morgan fingerprint density at radius 2 is 2.11 bits per heavy atom. The van der Waals surface area contributed by atoms with E-state index in [9.17, 15) is 4.79 Å². The molecule has 0 spiro atoms. The highest BCUT2D eigenvalue weighted by Gasteiger charge is 2.09. The number of hydrogen-bond donors (Lipinski definition) is 2. The Kier molecular flexibility index (Phi) is 3.66. The van der Waals surface area contributed by atoms with Gasteiger partial charge in [0.1, 0.15) is 5.75 Å². The number of anilines is 2. The smallest absolute Gasteiger partial charge is 0.255 e. The Labute approximate surface area is 111 Å². The molecule has 1 amide bonds. The molecule has 0 radical (unpaired) electrons. The maximum Gasteiger partial charge on any atom is 0.255 e. The first-order valence-corrected chi connectivity index (χ1v) is 5.77. The SMILES string of the molecule is COc1ccc(C(=O)Nc2ccc(C)nc2)cc1N. The number of rotatable bonds is 3. The summed E-state index contributed by atoms with van der Waals surface area (Å²) in [5.74, 6) is 0.313. The second-order valence-corrected chi connectivity index (χ2v) is 4.10. The summed E-state index contributed by atoms with van der Waals surface area (Å²) in [6.45, 7) is 1.88. The first-order valence-electron chi connectivity index (χ1n) is 5.77. The van der Waals surface area contributed by atoms with Crippen LogP contribution in [0.4, 0.5) is 11.4 Å². The number of nitrogens with one attached hydrogen (secondary N) is 1. The molecule has 0 aliphatic rings. The Hall–Kier alpha value is -2.56. The number of aryl methyl sites for hydroxylation is 1. The Bertz CT molecular complexity index is 594. The molecule has 1 aromatic carbocycles. The molecule has 5 nitrogen and oxygen atoms in total. The van der Waals surface area contributed by atoms with Crippen LogP contribution < -0.4 is 15.8 Å². The molecule has 0 fully saturated rings. The predicted molar refractivity (Wildman–Crippen MR) is 74.3 cm³/mol. The van der Waals surface area contributed by atoms with Crippen molar-refractivity contribution in [2.75, 3.05) is 18.2 Å². The van der Waals surface area contributed by atoms with Gasteiger partial charge in [-0.1, -0.05) is 0 Å². The standard InChI is InChI=1S/C14H15N3O2/c1-9-3-5-11(8-16-9)17-14(18)10-4-6-13(19-2)12(15)7-10/h3-8H,15H2,1-2H3,(H,17,18). The summed E-state index contributed by atoms with van der Waals surface area (Å²) >= 11 is 0. The average molecular weight is 257 g/mol. The highest BCUT2D eigenvalue weighted by Crippen LogP contribution is 2.22. The summed E-state index contributed by atoms with van der Waals surface area (Å²) in [5.41, 5.74) is 8.20. The van der Waals surface area contributed by atoms with E-state index in [0.29, 0.717) is 22.7 Å². The topological polar surface area (TPSA) is 77.2 Å². The minimum absolute atomic E-state index is 0.236. The molecule has 1 heterocycles. The second kappa shape index (κ2) is 5.39. The van der Waals surface area contributed by atoms with Gasteiger partial charge in [-0.25, -0.2) is 0 Å². The molecule has 19 heavy (non-hydrogen) atoms. The molecule has 0 atom stereocenters. The number of carbonyl (C=O) groups excluding carboxylic acids is 1. The van der Waals surface area contributed by atoms with Gasteiger partial charge in [0.15, 0.2) is 0 Å². The van der Waals surface area contributed by atoms with Crippen molar-refractivity contribution in [2.45, 2.75) is 6.92 Å². The summed E-state index contributed by atoms with van der Waals surface area (Å²) in [4.78, 5) is 16.1. The fraction of sp³-hybridized carbons (Fsp3) is 0.143. The number of methoxy groups -OCH3 is 1. The maximum atomic E-state index is 12.0. The third-order valence-corrected chi connectivity index (χ3v) is 2.66. The largest absolute Gasteiger partial charge is 0.495 e. The van der Waals surface area contributed by atoms with Gasteiger partial charge in [0.2, 0.25) is 0 Å². The first kappa shape index (κ1) is 12.9. The van der Waals surface area contributed by atoms with Crippen LogP contribution in [0.2, 0.25) is 0 Å². The molecule has 0 saturated heterocycles. The number of aromatic nitrogens is 1. The van der Waals surface area contributed by atoms with E-state index in [1.54, 1.807) is 30.5 Å². The summed E-state index contributed by atoms with van der Waals surface area (Å²) in [6, 6.07) is 8.53. The van der Waals surface area contributed by atoms with Crippen molar-refractivity contribution in [1.82, 2.24) is 4.98 Å². The molecule has 0 aliphatic carbocycles. The molecule has 0 bridgehead atoms. The predicted octanol–water partition coefficient (Wildman–Crippen LogP) is 2.23. The fourth-order valence-corrected chi connectivity index (χ4v) is 1.62. The van der Waals surface area contributed by atoms with Gasteiger partial charge in [-0.3, -0.25) is 9.78 Å². The van der Waals surface area contributed by atoms with Crippen LogP contribution in [-0.4, -0.2) is 18.0 Å². The van der Waals surface area contributed by atoms with Crippen LogP contribution in [0, 0.1) is 6.92 Å². The zero-order valence-electron chi connectivity index (χ0n) is 10.8. The monoisotopic (exact) mass is 257 g/mol. The number of nitrogens with two attached hydrogens (primary N) is 1. The average Bonchev–Trinajstić information content (AvgIpc) is 2.41. The van der Waals surface area contributed by atoms with Gasteiger partial charge in [0.25, 0.3) is 5.91 Å². The Morgan fingerprint density at radius 3 is 2.68 bits per heavy atom. The van der Waals surface area contributed by atoms with Crippen molar-refractivity contribution < 1.29 is 9.53 Å². The zero-order chi connectivity index (χ0) is 13.8. The Balaban J connectivity index is 2.16. The fourth-order valence-electron chi connectivity index (χ4n) is 1.62. The first-order chi connectivity index (χ1) is 9.10. The number of pyridine rings is 1. The number of carbonyl (C=O) groups is 1. The minimum atomic E-state index is -0.236. The molecule has 0 unspecified atom stereocenters. The minimum Gasteiger partial charge on any atom is -0.495 e. The molecule has 5 heteroatoms. The van der Waals surface area contributed by atoms with Crippen LogP contribution in [-0.2, 0) is 0 Å². The van der Waals surface area contributed by atoms with E-state index in [0.717, 1.165) is 5.69 Å². The highest BCUT2D eigenvalue weighted by molar-refractivity contribution is 6.04. The summed E-state index contributed by atoms with van der Waals surface area (Å²) < 4.78 is 5.04. The molecule has 2 aromatic rings. The third-order valence-electron chi connectivity index (χ3n) is 2.66. The van der Waals surface area contributed by atoms with Crippen molar-refractivity contribution in [2.24, 2.45) is 0 Å². The summed E-state index contributed by atoms with van der Waals surface area (Å²) in [5, 5.41) is 2.75. The van der Waals surface area contributed by atoms with Crippen molar-refractivity contribution in [3.8, 4) is 5.75 Å². The normalized spacial score (nSPS) is 10.0. The van der Waals surface area contributed by atoms with E-state index in [4.69, 9.17) is 10.5 Å². The third kappa shape index (κ3) is 3.01. The van der Waals surface area contributed by atoms with Gasteiger partial charge in [0.05, 0.1) is 24.7 Å². The van der Waals surface area contributed by atoms with Gasteiger partial charge in [-0.05, 0) is 37.3 Å². The zero-order valence-corrected chi connectivity index (χ0v) is 10.8. The van der Waals surface area contributed by atoms with Crippen LogP contribution in [0.3, 0.4) is 0 Å². The number of benzene rings is 1.